The number of rotatable bonds is 3. The monoisotopic (exact) mass is 274 g/mol. The largest absolute Gasteiger partial charge is 0.381 e. The molecule has 1 aliphatic rings. The second-order valence-corrected chi connectivity index (χ2v) is 6.41. The number of hydrogen-bond donors (Lipinski definition) is 1. The first kappa shape index (κ1) is 12.5. The van der Waals surface area contributed by atoms with Crippen LogP contribution in [0.5, 0.6) is 0 Å². The molecular weight excluding hydrogens is 256 g/mol. The van der Waals surface area contributed by atoms with Crippen LogP contribution in [0.2, 0.25) is 0 Å². The molecule has 0 bridgehead atoms. The van der Waals surface area contributed by atoms with Crippen molar-refractivity contribution >= 4 is 17.4 Å². The fraction of sp³-hybridized carbons (Fsp3) is 0.429. The van der Waals surface area contributed by atoms with Crippen LogP contribution in [0.25, 0.3) is 11.4 Å². The lowest BCUT2D eigenvalue weighted by Gasteiger charge is -2.20. The summed E-state index contributed by atoms with van der Waals surface area (Å²) in [6.07, 6.45) is 2.96. The highest BCUT2D eigenvalue weighted by Crippen LogP contribution is 2.32. The number of nitrogens with one attached hydrogen (secondary N) is 1. The molecule has 19 heavy (non-hydrogen) atoms. The van der Waals surface area contributed by atoms with E-state index in [2.05, 4.69) is 40.6 Å². The molecule has 1 aliphatic heterocycles. The van der Waals surface area contributed by atoms with Crippen LogP contribution < -0.4 is 5.32 Å². The van der Waals surface area contributed by atoms with Gasteiger partial charge in [0.1, 0.15) is 6.33 Å². The Hall–Kier alpha value is -1.49. The Morgan fingerprint density at radius 3 is 2.89 bits per heavy atom. The minimum atomic E-state index is 0.541. The lowest BCUT2D eigenvalue weighted by Crippen LogP contribution is -2.25. The summed E-state index contributed by atoms with van der Waals surface area (Å²) in [5, 5.41) is 12.5. The number of para-hydroxylation sites is 1. The third kappa shape index (κ3) is 2.47. The van der Waals surface area contributed by atoms with E-state index >= 15 is 0 Å². The molecule has 1 aromatic carbocycles. The second kappa shape index (κ2) is 5.25. The van der Waals surface area contributed by atoms with Gasteiger partial charge in [-0.3, -0.25) is 0 Å². The normalized spacial score (nSPS) is 22.6. The summed E-state index contributed by atoms with van der Waals surface area (Å²) >= 11 is 2.04. The molecule has 2 atom stereocenters. The van der Waals surface area contributed by atoms with E-state index in [0.29, 0.717) is 11.3 Å². The van der Waals surface area contributed by atoms with Crippen molar-refractivity contribution in [2.24, 2.45) is 7.05 Å². The number of nitrogens with zero attached hydrogens (tertiary/aromatic N) is 3. The highest BCUT2D eigenvalue weighted by molar-refractivity contribution is 8.00. The van der Waals surface area contributed by atoms with Crippen LogP contribution >= 0.6 is 11.8 Å². The third-order valence-corrected chi connectivity index (χ3v) is 4.92. The number of hydrogen-bond acceptors (Lipinski definition) is 4. The number of benzene rings is 1. The van der Waals surface area contributed by atoms with Gasteiger partial charge in [0.25, 0.3) is 0 Å². The van der Waals surface area contributed by atoms with Gasteiger partial charge in [0, 0.05) is 29.6 Å². The quantitative estimate of drug-likeness (QED) is 0.934. The molecule has 5 heteroatoms. The van der Waals surface area contributed by atoms with Crippen molar-refractivity contribution in [1.29, 1.82) is 0 Å². The van der Waals surface area contributed by atoms with Gasteiger partial charge in [0.2, 0.25) is 0 Å². The van der Waals surface area contributed by atoms with Gasteiger partial charge in [-0.25, -0.2) is 0 Å². The van der Waals surface area contributed by atoms with Gasteiger partial charge in [-0.1, -0.05) is 19.1 Å². The molecular formula is C14H18N4S. The van der Waals surface area contributed by atoms with Crippen LogP contribution in [-0.2, 0) is 7.05 Å². The van der Waals surface area contributed by atoms with Crippen LogP contribution in [-0.4, -0.2) is 31.8 Å². The molecule has 1 saturated heterocycles. The van der Waals surface area contributed by atoms with Crippen LogP contribution in [0, 0.1) is 0 Å². The van der Waals surface area contributed by atoms with Crippen molar-refractivity contribution in [3.8, 4) is 11.4 Å². The van der Waals surface area contributed by atoms with E-state index in [-0.39, 0.29) is 0 Å². The van der Waals surface area contributed by atoms with Gasteiger partial charge in [0.05, 0.1) is 0 Å². The Morgan fingerprint density at radius 2 is 2.21 bits per heavy atom. The van der Waals surface area contributed by atoms with E-state index in [9.17, 15) is 0 Å². The molecule has 1 N–H and O–H groups in total. The lowest BCUT2D eigenvalue weighted by molar-refractivity contribution is 0.724. The van der Waals surface area contributed by atoms with Gasteiger partial charge in [-0.05, 0) is 24.3 Å². The third-order valence-electron chi connectivity index (χ3n) is 3.60. The summed E-state index contributed by atoms with van der Waals surface area (Å²) in [5.74, 6) is 2.15. The zero-order valence-electron chi connectivity index (χ0n) is 11.2. The first-order chi connectivity index (χ1) is 9.25. The predicted octanol–water partition coefficient (Wildman–Crippen LogP) is 2.79. The molecule has 1 fully saturated rings. The Labute approximate surface area is 117 Å². The van der Waals surface area contributed by atoms with E-state index in [1.54, 1.807) is 6.33 Å². The van der Waals surface area contributed by atoms with Crippen molar-refractivity contribution in [2.75, 3.05) is 11.1 Å². The Morgan fingerprint density at radius 1 is 1.37 bits per heavy atom. The van der Waals surface area contributed by atoms with E-state index in [1.165, 1.54) is 12.2 Å². The number of aryl methyl sites for hydroxylation is 1. The fourth-order valence-corrected chi connectivity index (χ4v) is 3.65. The SMILES string of the molecule is CC1SCCC1Nc1ccccc1-c1nncn1C. The first-order valence-electron chi connectivity index (χ1n) is 6.57. The smallest absolute Gasteiger partial charge is 0.165 e. The summed E-state index contributed by atoms with van der Waals surface area (Å²) < 4.78 is 1.95. The molecule has 0 radical (unpaired) electrons. The zero-order valence-corrected chi connectivity index (χ0v) is 12.0. The maximum absolute atomic E-state index is 4.21. The highest BCUT2D eigenvalue weighted by atomic mass is 32.2. The molecule has 0 spiro atoms. The number of aromatic nitrogens is 3. The topological polar surface area (TPSA) is 42.7 Å². The Kier molecular flexibility index (Phi) is 3.46. The number of anilines is 1. The van der Waals surface area contributed by atoms with E-state index in [1.807, 2.05) is 29.4 Å². The van der Waals surface area contributed by atoms with Crippen molar-refractivity contribution in [3.63, 3.8) is 0 Å². The zero-order chi connectivity index (χ0) is 13.2. The van der Waals surface area contributed by atoms with Gasteiger partial charge in [-0.15, -0.1) is 10.2 Å². The van der Waals surface area contributed by atoms with Crippen molar-refractivity contribution in [3.05, 3.63) is 30.6 Å². The highest BCUT2D eigenvalue weighted by Gasteiger charge is 2.24. The van der Waals surface area contributed by atoms with Gasteiger partial charge >= 0.3 is 0 Å². The Balaban J connectivity index is 1.92. The van der Waals surface area contributed by atoms with Crippen LogP contribution in [0.15, 0.2) is 30.6 Å². The molecule has 2 heterocycles. The summed E-state index contributed by atoms with van der Waals surface area (Å²) in [7, 11) is 1.97. The molecule has 3 rings (SSSR count). The van der Waals surface area contributed by atoms with Crippen molar-refractivity contribution in [1.82, 2.24) is 14.8 Å². The maximum atomic E-state index is 4.21. The summed E-state index contributed by atoms with van der Waals surface area (Å²) in [4.78, 5) is 0. The molecule has 0 aliphatic carbocycles. The standard InChI is InChI=1S/C14H18N4S/c1-10-12(7-8-19-10)16-13-6-4-3-5-11(13)14-17-15-9-18(14)2/h3-6,9-10,12,16H,7-8H2,1-2H3. The van der Waals surface area contributed by atoms with Gasteiger partial charge < -0.3 is 9.88 Å². The van der Waals surface area contributed by atoms with Gasteiger partial charge in [0.15, 0.2) is 5.82 Å². The predicted molar refractivity (Wildman–Crippen MR) is 80.4 cm³/mol. The lowest BCUT2D eigenvalue weighted by atomic mass is 10.1. The molecule has 2 aromatic rings. The Bertz CT molecular complexity index is 566. The number of thioether (sulfide) groups is 1. The average molecular weight is 274 g/mol. The van der Waals surface area contributed by atoms with Crippen LogP contribution in [0.1, 0.15) is 13.3 Å². The average Bonchev–Trinajstić information content (AvgIpc) is 3.00. The molecule has 0 saturated carbocycles. The second-order valence-electron chi connectivity index (χ2n) is 4.93. The molecule has 0 amide bonds. The molecule has 2 unspecified atom stereocenters. The fourth-order valence-electron chi connectivity index (χ4n) is 2.45. The van der Waals surface area contributed by atoms with Crippen molar-refractivity contribution in [2.45, 2.75) is 24.6 Å². The molecule has 4 nitrogen and oxygen atoms in total. The minimum absolute atomic E-state index is 0.541. The van der Waals surface area contributed by atoms with E-state index in [0.717, 1.165) is 17.1 Å². The minimum Gasteiger partial charge on any atom is -0.381 e. The van der Waals surface area contributed by atoms with Crippen LogP contribution in [0.3, 0.4) is 0 Å². The van der Waals surface area contributed by atoms with E-state index in [4.69, 9.17) is 0 Å². The maximum Gasteiger partial charge on any atom is 0.165 e. The van der Waals surface area contributed by atoms with Crippen LogP contribution in [0.4, 0.5) is 5.69 Å². The summed E-state index contributed by atoms with van der Waals surface area (Å²) in [6.45, 7) is 2.29. The van der Waals surface area contributed by atoms with E-state index < -0.39 is 0 Å². The summed E-state index contributed by atoms with van der Waals surface area (Å²) in [5.41, 5.74) is 2.27. The summed E-state index contributed by atoms with van der Waals surface area (Å²) in [6, 6.07) is 8.87. The molecule has 100 valence electrons. The van der Waals surface area contributed by atoms with Crippen molar-refractivity contribution < 1.29 is 0 Å². The van der Waals surface area contributed by atoms with Gasteiger partial charge in [-0.2, -0.15) is 11.8 Å². The first-order valence-corrected chi connectivity index (χ1v) is 7.62. The molecule has 1 aromatic heterocycles.